The van der Waals surface area contributed by atoms with Gasteiger partial charge in [0.2, 0.25) is 0 Å². The predicted molar refractivity (Wildman–Crippen MR) is 131 cm³/mol. The molecule has 1 aromatic heterocycles. The Morgan fingerprint density at radius 1 is 0.677 bits per heavy atom. The third-order valence-electron chi connectivity index (χ3n) is 6.51. The second-order valence-corrected chi connectivity index (χ2v) is 8.79. The topological polar surface area (TPSA) is 17.0 Å². The second kappa shape index (κ2) is 6.61. The van der Waals surface area contributed by atoms with Gasteiger partial charge in [-0.15, -0.1) is 0 Å². The molecular weight excluding hydrogens is 376 g/mol. The summed E-state index contributed by atoms with van der Waals surface area (Å²) >= 11 is 0. The van der Waals surface area contributed by atoms with E-state index in [9.17, 15) is 0 Å². The van der Waals surface area contributed by atoms with Crippen LogP contribution >= 0.6 is 0 Å². The maximum Gasteiger partial charge on any atom is 0.0538 e. The molecule has 0 aliphatic heterocycles. The number of hydrogen-bond donors (Lipinski definition) is 1. The number of hydrogen-bond acceptors (Lipinski definition) is 1. The van der Waals surface area contributed by atoms with Crippen molar-refractivity contribution in [2.45, 2.75) is 19.3 Å². The summed E-state index contributed by atoms with van der Waals surface area (Å²) in [6.07, 6.45) is 0. The molecular formula is C29H24N2. The molecule has 150 valence electrons. The first-order chi connectivity index (χ1) is 15.1. The van der Waals surface area contributed by atoms with Crippen LogP contribution in [0.1, 0.15) is 25.1 Å². The number of nitrogens with one attached hydrogen (secondary N) is 1. The van der Waals surface area contributed by atoms with Crippen LogP contribution in [0.2, 0.25) is 0 Å². The highest BCUT2D eigenvalue weighted by atomic mass is 15.0. The van der Waals surface area contributed by atoms with E-state index in [0.717, 1.165) is 11.4 Å². The van der Waals surface area contributed by atoms with Gasteiger partial charge in [0.15, 0.2) is 0 Å². The number of rotatable bonds is 3. The van der Waals surface area contributed by atoms with Crippen molar-refractivity contribution in [2.75, 3.05) is 5.32 Å². The third kappa shape index (κ3) is 2.65. The van der Waals surface area contributed by atoms with Crippen LogP contribution in [0.3, 0.4) is 0 Å². The number of benzene rings is 4. The van der Waals surface area contributed by atoms with Gasteiger partial charge in [-0.2, -0.15) is 0 Å². The minimum Gasteiger partial charge on any atom is -0.356 e. The minimum absolute atomic E-state index is 0.0925. The largest absolute Gasteiger partial charge is 0.356 e. The summed E-state index contributed by atoms with van der Waals surface area (Å²) in [7, 11) is 0. The lowest BCUT2D eigenvalue weighted by molar-refractivity contribution is 0.624. The highest BCUT2D eigenvalue weighted by Gasteiger charge is 2.40. The van der Waals surface area contributed by atoms with E-state index in [1.165, 1.54) is 39.0 Å². The van der Waals surface area contributed by atoms with E-state index in [1.54, 1.807) is 0 Å². The van der Waals surface area contributed by atoms with E-state index in [-0.39, 0.29) is 5.41 Å². The van der Waals surface area contributed by atoms with Crippen LogP contribution in [0, 0.1) is 0 Å². The lowest BCUT2D eigenvalue weighted by atomic mass is 9.85. The molecule has 1 aliphatic carbocycles. The fraction of sp³-hybridized carbons (Fsp3) is 0.103. The average molecular weight is 401 g/mol. The first-order valence-corrected chi connectivity index (χ1v) is 10.8. The maximum absolute atomic E-state index is 3.57. The van der Waals surface area contributed by atoms with Crippen molar-refractivity contribution in [3.8, 4) is 16.8 Å². The Morgan fingerprint density at radius 3 is 2.13 bits per heavy atom. The summed E-state index contributed by atoms with van der Waals surface area (Å²) in [5.41, 5.74) is 10.0. The van der Waals surface area contributed by atoms with Crippen LogP contribution in [-0.2, 0) is 5.41 Å². The summed E-state index contributed by atoms with van der Waals surface area (Å²) in [5.74, 6) is 0. The molecule has 4 aromatic carbocycles. The molecule has 5 aromatic rings. The molecule has 0 spiro atoms. The quantitative estimate of drug-likeness (QED) is 0.329. The molecule has 1 heterocycles. The van der Waals surface area contributed by atoms with E-state index in [2.05, 4.69) is 121 Å². The van der Waals surface area contributed by atoms with Gasteiger partial charge < -0.3 is 9.88 Å². The molecule has 0 amide bonds. The lowest BCUT2D eigenvalue weighted by Gasteiger charge is -2.24. The summed E-state index contributed by atoms with van der Waals surface area (Å²) in [6, 6.07) is 36.7. The average Bonchev–Trinajstić information content (AvgIpc) is 3.26. The number of para-hydroxylation sites is 3. The fourth-order valence-corrected chi connectivity index (χ4v) is 5.14. The Kier molecular flexibility index (Phi) is 3.85. The van der Waals surface area contributed by atoms with Crippen molar-refractivity contribution in [1.29, 1.82) is 0 Å². The monoisotopic (exact) mass is 400 g/mol. The third-order valence-corrected chi connectivity index (χ3v) is 6.51. The SMILES string of the molecule is CC1(C)c2ccc(Nc3ccccc3)cc2-c2c1n(-c1ccccc1)c1ccccc21. The van der Waals surface area contributed by atoms with Crippen LogP contribution in [-0.4, -0.2) is 4.57 Å². The fourth-order valence-electron chi connectivity index (χ4n) is 5.14. The van der Waals surface area contributed by atoms with E-state index in [1.807, 2.05) is 6.07 Å². The zero-order chi connectivity index (χ0) is 21.0. The van der Waals surface area contributed by atoms with Gasteiger partial charge in [0.05, 0.1) is 5.52 Å². The molecule has 0 saturated carbocycles. The molecule has 0 fully saturated rings. The molecule has 0 radical (unpaired) electrons. The Morgan fingerprint density at radius 2 is 1.35 bits per heavy atom. The molecule has 0 saturated heterocycles. The molecule has 31 heavy (non-hydrogen) atoms. The maximum atomic E-state index is 3.57. The summed E-state index contributed by atoms with van der Waals surface area (Å²) in [6.45, 7) is 4.70. The summed E-state index contributed by atoms with van der Waals surface area (Å²) < 4.78 is 2.45. The predicted octanol–water partition coefficient (Wildman–Crippen LogP) is 7.68. The minimum atomic E-state index is -0.0925. The highest BCUT2D eigenvalue weighted by molar-refractivity contribution is 6.04. The zero-order valence-electron chi connectivity index (χ0n) is 17.8. The number of anilines is 2. The van der Waals surface area contributed by atoms with Crippen LogP contribution in [0.5, 0.6) is 0 Å². The van der Waals surface area contributed by atoms with Gasteiger partial charge in [-0.1, -0.05) is 74.5 Å². The molecule has 2 nitrogen and oxygen atoms in total. The van der Waals surface area contributed by atoms with Gasteiger partial charge in [-0.3, -0.25) is 0 Å². The Hall–Kier alpha value is -3.78. The van der Waals surface area contributed by atoms with Gasteiger partial charge in [0, 0.05) is 39.1 Å². The van der Waals surface area contributed by atoms with Crippen molar-refractivity contribution in [3.63, 3.8) is 0 Å². The standard InChI is InChI=1S/C29H24N2/c1-29(2)25-18-17-21(30-20-11-5-3-6-12-20)19-24(25)27-23-15-9-10-16-26(23)31(28(27)29)22-13-7-4-8-14-22/h3-19,30H,1-2H3. The van der Waals surface area contributed by atoms with E-state index >= 15 is 0 Å². The lowest BCUT2D eigenvalue weighted by Crippen LogP contribution is -2.19. The molecule has 2 heteroatoms. The Labute approximate surface area is 182 Å². The number of nitrogens with zero attached hydrogens (tertiary/aromatic N) is 1. The van der Waals surface area contributed by atoms with Crippen molar-refractivity contribution in [1.82, 2.24) is 4.57 Å². The van der Waals surface area contributed by atoms with Gasteiger partial charge in [0.25, 0.3) is 0 Å². The Balaban J connectivity index is 1.62. The van der Waals surface area contributed by atoms with Crippen molar-refractivity contribution in [2.24, 2.45) is 0 Å². The van der Waals surface area contributed by atoms with Crippen LogP contribution < -0.4 is 5.32 Å². The van der Waals surface area contributed by atoms with Crippen LogP contribution in [0.25, 0.3) is 27.7 Å². The normalized spacial score (nSPS) is 13.7. The molecule has 0 unspecified atom stereocenters. The van der Waals surface area contributed by atoms with Crippen molar-refractivity contribution >= 4 is 22.3 Å². The highest BCUT2D eigenvalue weighted by Crippen LogP contribution is 2.54. The van der Waals surface area contributed by atoms with E-state index in [4.69, 9.17) is 0 Å². The number of aromatic nitrogens is 1. The summed E-state index contributed by atoms with van der Waals surface area (Å²) in [4.78, 5) is 0. The van der Waals surface area contributed by atoms with Crippen molar-refractivity contribution < 1.29 is 0 Å². The van der Waals surface area contributed by atoms with Gasteiger partial charge >= 0.3 is 0 Å². The van der Waals surface area contributed by atoms with Crippen LogP contribution in [0.15, 0.2) is 103 Å². The Bertz CT molecular complexity index is 1410. The van der Waals surface area contributed by atoms with E-state index < -0.39 is 0 Å². The van der Waals surface area contributed by atoms with Gasteiger partial charge in [0.1, 0.15) is 0 Å². The van der Waals surface area contributed by atoms with E-state index in [0.29, 0.717) is 0 Å². The molecule has 6 rings (SSSR count). The molecule has 1 N–H and O–H groups in total. The van der Waals surface area contributed by atoms with Crippen LogP contribution in [0.4, 0.5) is 11.4 Å². The first kappa shape index (κ1) is 18.0. The molecule has 1 aliphatic rings. The second-order valence-electron chi connectivity index (χ2n) is 8.79. The van der Waals surface area contributed by atoms with Gasteiger partial charge in [-0.25, -0.2) is 0 Å². The first-order valence-electron chi connectivity index (χ1n) is 10.8. The van der Waals surface area contributed by atoms with Crippen molar-refractivity contribution in [3.05, 3.63) is 114 Å². The molecule has 0 bridgehead atoms. The zero-order valence-corrected chi connectivity index (χ0v) is 17.8. The number of fused-ring (bicyclic) bond motifs is 5. The smallest absolute Gasteiger partial charge is 0.0538 e. The summed E-state index contributed by atoms with van der Waals surface area (Å²) in [5, 5.41) is 4.88. The molecule has 0 atom stereocenters. The van der Waals surface area contributed by atoms with Gasteiger partial charge in [-0.05, 0) is 53.6 Å².